The minimum Gasteiger partial charge on any atom is -0.317 e. The maximum absolute atomic E-state index is 12.6. The molecule has 0 aromatic carbocycles. The fraction of sp³-hybridized carbons (Fsp3) is 1.00. The van der Waals surface area contributed by atoms with Crippen LogP contribution in [-0.2, 0) is 0 Å². The van der Waals surface area contributed by atoms with E-state index in [1.165, 1.54) is 0 Å². The van der Waals surface area contributed by atoms with Crippen molar-refractivity contribution in [1.82, 2.24) is 10.2 Å². The van der Waals surface area contributed by atoms with Gasteiger partial charge in [0.2, 0.25) is 0 Å². The van der Waals surface area contributed by atoms with Crippen LogP contribution in [0.5, 0.6) is 0 Å². The van der Waals surface area contributed by atoms with Gasteiger partial charge in [-0.25, -0.2) is 0 Å². The zero-order valence-electron chi connectivity index (χ0n) is 9.39. The van der Waals surface area contributed by atoms with E-state index in [4.69, 9.17) is 0 Å². The van der Waals surface area contributed by atoms with E-state index in [1.807, 2.05) is 0 Å². The Bertz CT molecular complexity index is 224. The number of halogens is 3. The molecule has 5 heteroatoms. The lowest BCUT2D eigenvalue weighted by molar-refractivity contribution is -0.188. The van der Waals surface area contributed by atoms with Crippen molar-refractivity contribution < 1.29 is 13.2 Å². The number of alkyl halides is 3. The highest BCUT2D eigenvalue weighted by molar-refractivity contribution is 4.84. The molecule has 2 aliphatic heterocycles. The summed E-state index contributed by atoms with van der Waals surface area (Å²) < 4.78 is 37.9. The van der Waals surface area contributed by atoms with Crippen molar-refractivity contribution in [1.29, 1.82) is 0 Å². The number of rotatable bonds is 1. The first-order valence-corrected chi connectivity index (χ1v) is 6.09. The van der Waals surface area contributed by atoms with Crippen molar-refractivity contribution in [3.8, 4) is 0 Å². The maximum atomic E-state index is 12.6. The third kappa shape index (κ3) is 2.88. The van der Waals surface area contributed by atoms with E-state index in [2.05, 4.69) is 10.2 Å². The van der Waals surface area contributed by atoms with E-state index in [0.717, 1.165) is 32.5 Å². The number of nitrogens with one attached hydrogen (secondary N) is 1. The molecule has 94 valence electrons. The van der Waals surface area contributed by atoms with E-state index in [1.54, 1.807) is 0 Å². The summed E-state index contributed by atoms with van der Waals surface area (Å²) in [5, 5.41) is 3.25. The summed E-state index contributed by atoms with van der Waals surface area (Å²) in [5.74, 6) is -1.10. The van der Waals surface area contributed by atoms with Crippen LogP contribution in [0.2, 0.25) is 0 Å². The first-order chi connectivity index (χ1) is 7.57. The summed E-state index contributed by atoms with van der Waals surface area (Å²) in [6, 6.07) is 0.367. The topological polar surface area (TPSA) is 15.3 Å². The summed E-state index contributed by atoms with van der Waals surface area (Å²) in [6.07, 6.45) is -1.03. The van der Waals surface area contributed by atoms with Crippen LogP contribution in [-0.4, -0.2) is 43.3 Å². The summed E-state index contributed by atoms with van der Waals surface area (Å²) in [5.41, 5.74) is 0. The van der Waals surface area contributed by atoms with E-state index >= 15 is 0 Å². The molecule has 2 rings (SSSR count). The summed E-state index contributed by atoms with van der Waals surface area (Å²) >= 11 is 0. The van der Waals surface area contributed by atoms with Gasteiger partial charge in [-0.2, -0.15) is 13.2 Å². The van der Waals surface area contributed by atoms with Crippen molar-refractivity contribution in [3.63, 3.8) is 0 Å². The fourth-order valence-corrected chi connectivity index (χ4v) is 2.78. The van der Waals surface area contributed by atoms with Gasteiger partial charge in [0.05, 0.1) is 5.92 Å². The Morgan fingerprint density at radius 3 is 2.38 bits per heavy atom. The monoisotopic (exact) mass is 236 g/mol. The van der Waals surface area contributed by atoms with Crippen LogP contribution in [0.3, 0.4) is 0 Å². The molecule has 2 saturated heterocycles. The molecule has 0 aromatic heterocycles. The first-order valence-electron chi connectivity index (χ1n) is 6.09. The zero-order valence-corrected chi connectivity index (χ0v) is 9.39. The van der Waals surface area contributed by atoms with Gasteiger partial charge in [-0.3, -0.25) is 4.90 Å². The molecule has 2 heterocycles. The Labute approximate surface area is 94.2 Å². The minimum atomic E-state index is -4.01. The van der Waals surface area contributed by atoms with Crippen LogP contribution in [0, 0.1) is 5.92 Å². The van der Waals surface area contributed by atoms with Crippen molar-refractivity contribution in [2.45, 2.75) is 37.9 Å². The minimum absolute atomic E-state index is 0.216. The van der Waals surface area contributed by atoms with Gasteiger partial charge in [0.15, 0.2) is 0 Å². The second-order valence-corrected chi connectivity index (χ2v) is 4.86. The molecule has 0 aromatic rings. The Kier molecular flexibility index (Phi) is 3.74. The second kappa shape index (κ2) is 4.92. The van der Waals surface area contributed by atoms with Crippen LogP contribution >= 0.6 is 0 Å². The Morgan fingerprint density at radius 1 is 1.06 bits per heavy atom. The molecule has 0 radical (unpaired) electrons. The lowest BCUT2D eigenvalue weighted by Crippen LogP contribution is -2.49. The van der Waals surface area contributed by atoms with Crippen LogP contribution in [0.15, 0.2) is 0 Å². The second-order valence-electron chi connectivity index (χ2n) is 4.86. The molecule has 0 saturated carbocycles. The molecular weight excluding hydrogens is 217 g/mol. The van der Waals surface area contributed by atoms with Gasteiger partial charge in [-0.15, -0.1) is 0 Å². The first kappa shape index (κ1) is 12.2. The average Bonchev–Trinajstić information content (AvgIpc) is 2.29. The van der Waals surface area contributed by atoms with Gasteiger partial charge in [0.25, 0.3) is 0 Å². The normalized spacial score (nSPS) is 30.6. The molecule has 0 aliphatic carbocycles. The summed E-state index contributed by atoms with van der Waals surface area (Å²) in [6.45, 7) is 2.95. The Hall–Kier alpha value is -0.290. The van der Waals surface area contributed by atoms with Crippen molar-refractivity contribution in [2.75, 3.05) is 26.2 Å². The average molecular weight is 236 g/mol. The standard InChI is InChI=1S/C11H19F3N2/c12-11(13,14)9-2-1-7-16(8-9)10-3-5-15-6-4-10/h9-10,15H,1-8H2/t9-/m0/s1. The van der Waals surface area contributed by atoms with E-state index < -0.39 is 12.1 Å². The maximum Gasteiger partial charge on any atom is 0.393 e. The number of likely N-dealkylation sites (tertiary alicyclic amines) is 1. The highest BCUT2D eigenvalue weighted by Gasteiger charge is 2.42. The molecule has 0 spiro atoms. The highest BCUT2D eigenvalue weighted by atomic mass is 19.4. The van der Waals surface area contributed by atoms with E-state index in [0.29, 0.717) is 18.9 Å². The lowest BCUT2D eigenvalue weighted by Gasteiger charge is -2.40. The molecule has 2 aliphatic rings. The van der Waals surface area contributed by atoms with Crippen molar-refractivity contribution in [3.05, 3.63) is 0 Å². The van der Waals surface area contributed by atoms with Crippen LogP contribution in [0.25, 0.3) is 0 Å². The zero-order chi connectivity index (χ0) is 11.6. The van der Waals surface area contributed by atoms with Crippen LogP contribution < -0.4 is 5.32 Å². The molecule has 2 nitrogen and oxygen atoms in total. The van der Waals surface area contributed by atoms with Gasteiger partial charge in [0.1, 0.15) is 0 Å². The predicted molar refractivity (Wildman–Crippen MR) is 56.2 cm³/mol. The van der Waals surface area contributed by atoms with Crippen molar-refractivity contribution in [2.24, 2.45) is 5.92 Å². The fourth-order valence-electron chi connectivity index (χ4n) is 2.78. The molecule has 16 heavy (non-hydrogen) atoms. The largest absolute Gasteiger partial charge is 0.393 e. The SMILES string of the molecule is FC(F)(F)[C@H]1CCCN(C2CCNCC2)C1. The smallest absolute Gasteiger partial charge is 0.317 e. The number of hydrogen-bond donors (Lipinski definition) is 1. The molecule has 1 atom stereocenters. The van der Waals surface area contributed by atoms with Gasteiger partial charge < -0.3 is 5.32 Å². The number of piperidine rings is 2. The third-order valence-corrected chi connectivity index (χ3v) is 3.74. The highest BCUT2D eigenvalue weighted by Crippen LogP contribution is 2.34. The van der Waals surface area contributed by atoms with Crippen LogP contribution in [0.1, 0.15) is 25.7 Å². The van der Waals surface area contributed by atoms with Crippen LogP contribution in [0.4, 0.5) is 13.2 Å². The number of nitrogens with zero attached hydrogens (tertiary/aromatic N) is 1. The Balaban J connectivity index is 1.90. The summed E-state index contributed by atoms with van der Waals surface area (Å²) in [4.78, 5) is 2.06. The molecule has 0 unspecified atom stereocenters. The lowest BCUT2D eigenvalue weighted by atomic mass is 9.94. The molecular formula is C11H19F3N2. The predicted octanol–water partition coefficient (Wildman–Crippen LogP) is 2.01. The quantitative estimate of drug-likeness (QED) is 0.749. The van der Waals surface area contributed by atoms with E-state index in [-0.39, 0.29) is 6.54 Å². The van der Waals surface area contributed by atoms with Gasteiger partial charge in [-0.1, -0.05) is 0 Å². The molecule has 2 fully saturated rings. The third-order valence-electron chi connectivity index (χ3n) is 3.74. The molecule has 1 N–H and O–H groups in total. The molecule has 0 amide bonds. The number of hydrogen-bond acceptors (Lipinski definition) is 2. The van der Waals surface area contributed by atoms with Gasteiger partial charge in [-0.05, 0) is 45.3 Å². The van der Waals surface area contributed by atoms with Crippen molar-refractivity contribution >= 4 is 0 Å². The van der Waals surface area contributed by atoms with E-state index in [9.17, 15) is 13.2 Å². The Morgan fingerprint density at radius 2 is 1.75 bits per heavy atom. The molecule has 0 bridgehead atoms. The van der Waals surface area contributed by atoms with Gasteiger partial charge >= 0.3 is 6.18 Å². The van der Waals surface area contributed by atoms with Gasteiger partial charge in [0, 0.05) is 12.6 Å². The summed E-state index contributed by atoms with van der Waals surface area (Å²) in [7, 11) is 0.